The molecule has 2 aliphatic heterocycles. The summed E-state index contributed by atoms with van der Waals surface area (Å²) in [6.45, 7) is 7.91. The summed E-state index contributed by atoms with van der Waals surface area (Å²) >= 11 is 0. The van der Waals surface area contributed by atoms with Crippen molar-refractivity contribution >= 4 is 23.4 Å². The first-order valence-corrected chi connectivity index (χ1v) is 13.1. The van der Waals surface area contributed by atoms with Gasteiger partial charge in [-0.25, -0.2) is 24.7 Å². The molecule has 1 fully saturated rings. The highest BCUT2D eigenvalue weighted by atomic mass is 16.5. The highest BCUT2D eigenvalue weighted by molar-refractivity contribution is 5.89. The first-order valence-electron chi connectivity index (χ1n) is 13.1. The Labute approximate surface area is 222 Å². The first-order chi connectivity index (χ1) is 18.6. The molecular weight excluding hydrogens is 484 g/mol. The van der Waals surface area contributed by atoms with Gasteiger partial charge in [-0.1, -0.05) is 0 Å². The molecule has 2 amide bonds. The molecule has 38 heavy (non-hydrogen) atoms. The number of aryl methyl sites for hydroxylation is 1. The van der Waals surface area contributed by atoms with E-state index in [1.54, 1.807) is 6.20 Å². The van der Waals surface area contributed by atoms with Crippen LogP contribution >= 0.6 is 0 Å². The number of aliphatic hydroxyl groups excluding tert-OH is 1. The van der Waals surface area contributed by atoms with E-state index in [1.165, 1.54) is 0 Å². The monoisotopic (exact) mass is 518 g/mol. The average molecular weight is 519 g/mol. The van der Waals surface area contributed by atoms with Gasteiger partial charge in [0.2, 0.25) is 0 Å². The zero-order chi connectivity index (χ0) is 26.5. The molecule has 11 heteroatoms. The number of amides is 2. The third-order valence-corrected chi connectivity index (χ3v) is 6.82. The van der Waals surface area contributed by atoms with Crippen LogP contribution < -0.4 is 20.4 Å². The lowest BCUT2D eigenvalue weighted by Gasteiger charge is -2.39. The largest absolute Gasteiger partial charge is 0.396 e. The van der Waals surface area contributed by atoms with E-state index in [-0.39, 0.29) is 18.7 Å². The number of carbonyl (C=O) groups excluding carboxylic acids is 1. The van der Waals surface area contributed by atoms with Crippen LogP contribution in [0.3, 0.4) is 0 Å². The van der Waals surface area contributed by atoms with Crippen molar-refractivity contribution in [2.45, 2.75) is 32.7 Å². The fraction of sp³-hybridized carbons (Fsp3) is 0.444. The molecule has 11 nitrogen and oxygen atoms in total. The lowest BCUT2D eigenvalue weighted by Crippen LogP contribution is -2.41. The number of hydrogen-bond acceptors (Lipinski definition) is 9. The molecule has 0 aliphatic carbocycles. The lowest BCUT2D eigenvalue weighted by molar-refractivity contribution is 0.122. The number of rotatable bonds is 7. The van der Waals surface area contributed by atoms with Gasteiger partial charge in [0.05, 0.1) is 24.9 Å². The fourth-order valence-electron chi connectivity index (χ4n) is 5.04. The van der Waals surface area contributed by atoms with Gasteiger partial charge >= 0.3 is 6.03 Å². The number of fused-ring (bicyclic) bond motifs is 1. The van der Waals surface area contributed by atoms with E-state index in [9.17, 15) is 9.90 Å². The number of carbonyl (C=O) groups is 1. The van der Waals surface area contributed by atoms with Crippen molar-refractivity contribution in [2.75, 3.05) is 61.1 Å². The van der Waals surface area contributed by atoms with Crippen LogP contribution in [0, 0.1) is 6.92 Å². The van der Waals surface area contributed by atoms with E-state index in [2.05, 4.69) is 30.4 Å². The van der Waals surface area contributed by atoms with Crippen molar-refractivity contribution in [1.82, 2.24) is 25.3 Å². The molecule has 2 aromatic heterocycles. The minimum Gasteiger partial charge on any atom is -0.396 e. The minimum absolute atomic E-state index is 0.0249. The Morgan fingerprint density at radius 1 is 1.11 bits per heavy atom. The van der Waals surface area contributed by atoms with Crippen molar-refractivity contribution in [2.24, 2.45) is 0 Å². The summed E-state index contributed by atoms with van der Waals surface area (Å²) in [6.07, 6.45) is 3.05. The summed E-state index contributed by atoms with van der Waals surface area (Å²) in [5.74, 6) is 3.07. The van der Waals surface area contributed by atoms with Crippen LogP contribution in [-0.2, 0) is 11.2 Å². The number of benzene rings is 1. The van der Waals surface area contributed by atoms with Crippen LogP contribution in [0.5, 0.6) is 0 Å². The van der Waals surface area contributed by atoms with Gasteiger partial charge in [0.15, 0.2) is 5.82 Å². The quantitative estimate of drug-likeness (QED) is 0.432. The van der Waals surface area contributed by atoms with Gasteiger partial charge in [-0.15, -0.1) is 0 Å². The smallest absolute Gasteiger partial charge is 0.319 e. The van der Waals surface area contributed by atoms with Crippen LogP contribution in [0.4, 0.5) is 22.1 Å². The third-order valence-electron chi connectivity index (χ3n) is 6.82. The highest BCUT2D eigenvalue weighted by Gasteiger charge is 2.34. The Hall–Kier alpha value is -3.83. The number of urea groups is 1. The summed E-state index contributed by atoms with van der Waals surface area (Å²) in [5.41, 5.74) is 3.57. The predicted molar refractivity (Wildman–Crippen MR) is 145 cm³/mol. The Morgan fingerprint density at radius 2 is 1.89 bits per heavy atom. The number of aliphatic hydroxyl groups is 1. The lowest BCUT2D eigenvalue weighted by atomic mass is 9.94. The topological polar surface area (TPSA) is 129 Å². The van der Waals surface area contributed by atoms with Crippen LogP contribution in [-0.4, -0.2) is 77.1 Å². The van der Waals surface area contributed by atoms with E-state index in [4.69, 9.17) is 14.7 Å². The normalized spacial score (nSPS) is 17.2. The molecule has 1 saturated heterocycles. The molecule has 5 rings (SSSR count). The molecule has 0 bridgehead atoms. The van der Waals surface area contributed by atoms with E-state index in [0.717, 1.165) is 54.5 Å². The van der Waals surface area contributed by atoms with E-state index < -0.39 is 0 Å². The van der Waals surface area contributed by atoms with Crippen LogP contribution in [0.25, 0.3) is 11.4 Å². The number of anilines is 3. The Balaban J connectivity index is 1.56. The Morgan fingerprint density at radius 3 is 2.61 bits per heavy atom. The summed E-state index contributed by atoms with van der Waals surface area (Å²) in [6, 6.07) is 9.05. The van der Waals surface area contributed by atoms with Crippen molar-refractivity contribution in [3.8, 4) is 11.4 Å². The Kier molecular flexibility index (Phi) is 7.94. The third kappa shape index (κ3) is 5.53. The summed E-state index contributed by atoms with van der Waals surface area (Å²) in [5, 5.41) is 15.6. The van der Waals surface area contributed by atoms with Gasteiger partial charge in [-0.2, -0.15) is 0 Å². The molecule has 1 unspecified atom stereocenters. The molecule has 3 aromatic rings. The second-order valence-corrected chi connectivity index (χ2v) is 9.33. The standard InChI is InChI=1S/C27H34N8O3/c1-3-28-27(37)31-20-6-4-19(5-7-20)25-32-24-21(26(33-25)34-13-16-38-17-14-34)9-12-35(22(24)10-15-36)23-8-11-29-18(2)30-23/h4-8,11,22,36H,3,9-10,12-17H2,1-2H3,(H2,28,31,37). The van der Waals surface area contributed by atoms with Crippen LogP contribution in [0.15, 0.2) is 36.5 Å². The second-order valence-electron chi connectivity index (χ2n) is 9.33. The Bertz CT molecular complexity index is 1260. The van der Waals surface area contributed by atoms with E-state index in [0.29, 0.717) is 43.5 Å². The molecule has 1 aromatic carbocycles. The molecule has 0 radical (unpaired) electrons. The molecule has 0 spiro atoms. The van der Waals surface area contributed by atoms with Gasteiger partial charge in [0, 0.05) is 55.8 Å². The number of nitrogens with zero attached hydrogens (tertiary/aromatic N) is 6. The number of ether oxygens (including phenoxy) is 1. The highest BCUT2D eigenvalue weighted by Crippen LogP contribution is 2.39. The number of hydrogen-bond donors (Lipinski definition) is 3. The molecule has 3 N–H and O–H groups in total. The molecule has 2 aliphatic rings. The summed E-state index contributed by atoms with van der Waals surface area (Å²) in [7, 11) is 0. The molecular formula is C27H34N8O3. The van der Waals surface area contributed by atoms with Gasteiger partial charge in [-0.05, 0) is 57.0 Å². The van der Waals surface area contributed by atoms with Gasteiger partial charge in [0.25, 0.3) is 0 Å². The molecule has 4 heterocycles. The van der Waals surface area contributed by atoms with Crippen LogP contribution in [0.1, 0.15) is 36.5 Å². The zero-order valence-electron chi connectivity index (χ0n) is 21.9. The average Bonchev–Trinajstić information content (AvgIpc) is 2.94. The maximum Gasteiger partial charge on any atom is 0.319 e. The van der Waals surface area contributed by atoms with Crippen molar-refractivity contribution in [1.29, 1.82) is 0 Å². The zero-order valence-corrected chi connectivity index (χ0v) is 21.9. The summed E-state index contributed by atoms with van der Waals surface area (Å²) < 4.78 is 5.61. The SMILES string of the molecule is CCNC(=O)Nc1ccc(-c2nc3c(c(N4CCOCC4)n2)CCN(c2ccnc(C)n2)C3CCO)cc1. The number of morpholine rings is 1. The molecule has 1 atom stereocenters. The van der Waals surface area contributed by atoms with E-state index >= 15 is 0 Å². The summed E-state index contributed by atoms with van der Waals surface area (Å²) in [4.78, 5) is 35.5. The van der Waals surface area contributed by atoms with Crippen molar-refractivity contribution < 1.29 is 14.6 Å². The predicted octanol–water partition coefficient (Wildman–Crippen LogP) is 2.71. The van der Waals surface area contributed by atoms with Crippen molar-refractivity contribution in [3.05, 3.63) is 53.6 Å². The van der Waals surface area contributed by atoms with E-state index in [1.807, 2.05) is 44.2 Å². The maximum atomic E-state index is 11.9. The second kappa shape index (κ2) is 11.7. The van der Waals surface area contributed by atoms with Crippen molar-refractivity contribution in [3.63, 3.8) is 0 Å². The molecule has 0 saturated carbocycles. The van der Waals surface area contributed by atoms with Gasteiger partial charge in [0.1, 0.15) is 17.5 Å². The first kappa shape index (κ1) is 25.8. The molecule has 200 valence electrons. The number of aromatic nitrogens is 4. The minimum atomic E-state index is -0.244. The number of nitrogens with one attached hydrogen (secondary N) is 2. The van der Waals surface area contributed by atoms with Crippen LogP contribution in [0.2, 0.25) is 0 Å². The van der Waals surface area contributed by atoms with Gasteiger partial charge < -0.3 is 30.3 Å². The maximum absolute atomic E-state index is 11.9. The van der Waals surface area contributed by atoms with Gasteiger partial charge in [-0.3, -0.25) is 0 Å². The fourth-order valence-corrected chi connectivity index (χ4v) is 5.04.